The van der Waals surface area contributed by atoms with Crippen LogP contribution < -0.4 is 10.6 Å². The molecule has 0 aliphatic carbocycles. The predicted octanol–water partition coefficient (Wildman–Crippen LogP) is 3.25. The fourth-order valence-corrected chi connectivity index (χ4v) is 4.96. The lowest BCUT2D eigenvalue weighted by atomic mass is 10.00. The lowest BCUT2D eigenvalue weighted by Gasteiger charge is -2.16. The Bertz CT molecular complexity index is 911. The summed E-state index contributed by atoms with van der Waals surface area (Å²) in [6.07, 6.45) is 0.619. The maximum atomic E-state index is 11.7. The fraction of sp³-hybridized carbons (Fsp3) is 0.350. The summed E-state index contributed by atoms with van der Waals surface area (Å²) < 4.78 is 23.4. The number of benzene rings is 2. The van der Waals surface area contributed by atoms with Crippen LogP contribution in [0.15, 0.2) is 53.5 Å². The zero-order valence-electron chi connectivity index (χ0n) is 15.3. The van der Waals surface area contributed by atoms with Crippen LogP contribution in [0.4, 0.5) is 0 Å². The summed E-state index contributed by atoms with van der Waals surface area (Å²) in [5, 5.41) is 7.16. The van der Waals surface area contributed by atoms with Gasteiger partial charge in [-0.3, -0.25) is 0 Å². The van der Waals surface area contributed by atoms with E-state index in [2.05, 4.69) is 27.8 Å². The van der Waals surface area contributed by atoms with E-state index in [9.17, 15) is 8.42 Å². The zero-order valence-corrected chi connectivity index (χ0v) is 16.9. The van der Waals surface area contributed by atoms with E-state index in [1.54, 1.807) is 0 Å². The Morgan fingerprint density at radius 1 is 1.19 bits per heavy atom. The number of rotatable bonds is 5. The Labute approximate surface area is 165 Å². The smallest absolute Gasteiger partial charge is 0.191 e. The van der Waals surface area contributed by atoms with Crippen molar-refractivity contribution in [3.8, 4) is 11.1 Å². The molecule has 2 aromatic carbocycles. The monoisotopic (exact) mass is 405 g/mol. The number of nitrogens with one attached hydrogen (secondary N) is 2. The molecule has 1 saturated heterocycles. The van der Waals surface area contributed by atoms with E-state index < -0.39 is 9.84 Å². The largest absolute Gasteiger partial charge is 0.357 e. The van der Waals surface area contributed by atoms with Crippen LogP contribution in [-0.4, -0.2) is 38.5 Å². The highest BCUT2D eigenvalue weighted by Crippen LogP contribution is 2.25. The Kier molecular flexibility index (Phi) is 6.39. The minimum atomic E-state index is -2.93. The quantitative estimate of drug-likeness (QED) is 0.591. The second-order valence-corrected chi connectivity index (χ2v) is 9.27. The van der Waals surface area contributed by atoms with E-state index in [0.29, 0.717) is 30.5 Å². The minimum absolute atomic E-state index is 0.0840. The van der Waals surface area contributed by atoms with Crippen molar-refractivity contribution in [3.63, 3.8) is 0 Å². The number of nitrogens with zero attached hydrogens (tertiary/aromatic N) is 1. The Hall–Kier alpha value is -2.05. The summed E-state index contributed by atoms with van der Waals surface area (Å²) in [4.78, 5) is 4.67. The molecule has 2 N–H and O–H groups in total. The molecule has 0 radical (unpaired) electrons. The van der Waals surface area contributed by atoms with Gasteiger partial charge in [0.05, 0.1) is 18.1 Å². The molecule has 144 valence electrons. The van der Waals surface area contributed by atoms with Gasteiger partial charge in [0.2, 0.25) is 0 Å². The number of hydrogen-bond donors (Lipinski definition) is 2. The highest BCUT2D eigenvalue weighted by atomic mass is 35.5. The van der Waals surface area contributed by atoms with Gasteiger partial charge >= 0.3 is 0 Å². The van der Waals surface area contributed by atoms with Crippen LogP contribution in [0.1, 0.15) is 18.9 Å². The highest BCUT2D eigenvalue weighted by molar-refractivity contribution is 7.91. The Morgan fingerprint density at radius 2 is 1.93 bits per heavy atom. The molecule has 1 unspecified atom stereocenters. The molecule has 27 heavy (non-hydrogen) atoms. The van der Waals surface area contributed by atoms with Crippen molar-refractivity contribution in [2.75, 3.05) is 18.1 Å². The lowest BCUT2D eigenvalue weighted by molar-refractivity contribution is 0.599. The zero-order chi connectivity index (χ0) is 19.3. The molecule has 1 aliphatic heterocycles. The lowest BCUT2D eigenvalue weighted by Crippen LogP contribution is -2.44. The average molecular weight is 406 g/mol. The third-order valence-electron chi connectivity index (χ3n) is 4.50. The second-order valence-electron chi connectivity index (χ2n) is 6.60. The maximum absolute atomic E-state index is 11.7. The third kappa shape index (κ3) is 5.47. The van der Waals surface area contributed by atoms with Crippen LogP contribution in [0.25, 0.3) is 11.1 Å². The first-order valence-electron chi connectivity index (χ1n) is 9.06. The van der Waals surface area contributed by atoms with Gasteiger partial charge in [0.25, 0.3) is 0 Å². The molecular formula is C20H24ClN3O2S. The first-order valence-corrected chi connectivity index (χ1v) is 11.3. The van der Waals surface area contributed by atoms with Gasteiger partial charge in [0, 0.05) is 17.6 Å². The van der Waals surface area contributed by atoms with E-state index >= 15 is 0 Å². The second kappa shape index (κ2) is 8.76. The summed E-state index contributed by atoms with van der Waals surface area (Å²) in [7, 11) is -2.93. The minimum Gasteiger partial charge on any atom is -0.357 e. The van der Waals surface area contributed by atoms with Gasteiger partial charge in [-0.1, -0.05) is 48.0 Å². The van der Waals surface area contributed by atoms with Gasteiger partial charge in [-0.25, -0.2) is 13.4 Å². The van der Waals surface area contributed by atoms with Crippen molar-refractivity contribution in [3.05, 3.63) is 59.1 Å². The average Bonchev–Trinajstić information content (AvgIpc) is 2.99. The molecule has 1 atom stereocenters. The predicted molar refractivity (Wildman–Crippen MR) is 112 cm³/mol. The fourth-order valence-electron chi connectivity index (χ4n) is 3.16. The third-order valence-corrected chi connectivity index (χ3v) is 6.52. The summed E-state index contributed by atoms with van der Waals surface area (Å²) in [5.41, 5.74) is 3.29. The van der Waals surface area contributed by atoms with Gasteiger partial charge < -0.3 is 10.6 Å². The molecule has 0 spiro atoms. The summed E-state index contributed by atoms with van der Waals surface area (Å²) in [6, 6.07) is 15.8. The van der Waals surface area contributed by atoms with Gasteiger partial charge in [-0.15, -0.1) is 0 Å². The molecular weight excluding hydrogens is 382 g/mol. The summed E-state index contributed by atoms with van der Waals surface area (Å²) >= 11 is 6.00. The van der Waals surface area contributed by atoms with Crippen LogP contribution in [0.5, 0.6) is 0 Å². The maximum Gasteiger partial charge on any atom is 0.191 e. The van der Waals surface area contributed by atoms with Gasteiger partial charge in [0.1, 0.15) is 0 Å². The molecule has 0 amide bonds. The van der Waals surface area contributed by atoms with Crippen LogP contribution >= 0.6 is 11.6 Å². The standard InChI is InChI=1S/C20H24ClN3O2S/c1-2-22-20(24-18-11-12-27(25,26)14-18)23-13-16-5-3-4-6-19(16)15-7-9-17(21)10-8-15/h3-10,18H,2,11-14H2,1H3,(H2,22,23,24). The Balaban J connectivity index is 1.77. The van der Waals surface area contributed by atoms with Crippen molar-refractivity contribution in [1.29, 1.82) is 0 Å². The van der Waals surface area contributed by atoms with Crippen molar-refractivity contribution < 1.29 is 8.42 Å². The van der Waals surface area contributed by atoms with Crippen molar-refractivity contribution >= 4 is 27.4 Å². The number of halogens is 1. The molecule has 0 aromatic heterocycles. The van der Waals surface area contributed by atoms with Crippen LogP contribution in [0.2, 0.25) is 5.02 Å². The van der Waals surface area contributed by atoms with Gasteiger partial charge in [0.15, 0.2) is 15.8 Å². The van der Waals surface area contributed by atoms with E-state index in [1.807, 2.05) is 43.3 Å². The molecule has 1 heterocycles. The molecule has 0 bridgehead atoms. The van der Waals surface area contributed by atoms with Gasteiger partial charge in [-0.05, 0) is 42.2 Å². The van der Waals surface area contributed by atoms with E-state index in [0.717, 1.165) is 16.7 Å². The SMILES string of the molecule is CCNC(=NCc1ccccc1-c1ccc(Cl)cc1)NC1CCS(=O)(=O)C1. The molecule has 1 fully saturated rings. The molecule has 2 aromatic rings. The molecule has 7 heteroatoms. The normalized spacial score (nSPS) is 19.0. The van der Waals surface area contributed by atoms with Crippen molar-refractivity contribution in [2.45, 2.75) is 25.9 Å². The van der Waals surface area contributed by atoms with Crippen LogP contribution in [-0.2, 0) is 16.4 Å². The first kappa shape index (κ1) is 19.7. The number of guanidine groups is 1. The first-order chi connectivity index (χ1) is 13.0. The topological polar surface area (TPSA) is 70.6 Å². The summed E-state index contributed by atoms with van der Waals surface area (Å²) in [6.45, 7) is 3.20. The van der Waals surface area contributed by atoms with Crippen molar-refractivity contribution in [2.24, 2.45) is 4.99 Å². The Morgan fingerprint density at radius 3 is 2.59 bits per heavy atom. The van der Waals surface area contributed by atoms with Crippen molar-refractivity contribution in [1.82, 2.24) is 10.6 Å². The van der Waals surface area contributed by atoms with E-state index in [-0.39, 0.29) is 17.5 Å². The number of sulfone groups is 1. The van der Waals surface area contributed by atoms with E-state index in [4.69, 9.17) is 11.6 Å². The summed E-state index contributed by atoms with van der Waals surface area (Å²) in [5.74, 6) is 1.05. The van der Waals surface area contributed by atoms with Crippen LogP contribution in [0, 0.1) is 0 Å². The highest BCUT2D eigenvalue weighted by Gasteiger charge is 2.28. The number of aliphatic imine (C=N–C) groups is 1. The molecule has 0 saturated carbocycles. The molecule has 1 aliphatic rings. The van der Waals surface area contributed by atoms with E-state index in [1.165, 1.54) is 0 Å². The molecule has 5 nitrogen and oxygen atoms in total. The van der Waals surface area contributed by atoms with Crippen LogP contribution in [0.3, 0.4) is 0 Å². The van der Waals surface area contributed by atoms with Gasteiger partial charge in [-0.2, -0.15) is 0 Å². The number of hydrogen-bond acceptors (Lipinski definition) is 3. The molecule has 3 rings (SSSR count).